The topological polar surface area (TPSA) is 49.4 Å². The molecule has 2 amide bonds. The van der Waals surface area contributed by atoms with Crippen molar-refractivity contribution in [2.75, 3.05) is 12.3 Å². The van der Waals surface area contributed by atoms with Gasteiger partial charge in [-0.25, -0.2) is 0 Å². The second-order valence-electron chi connectivity index (χ2n) is 7.94. The minimum atomic E-state index is -0.580. The van der Waals surface area contributed by atoms with Crippen molar-refractivity contribution in [3.05, 3.63) is 68.7 Å². The Morgan fingerprint density at radius 2 is 1.69 bits per heavy atom. The molecule has 0 aliphatic heterocycles. The summed E-state index contributed by atoms with van der Waals surface area (Å²) in [6.07, 6.45) is 0.503. The number of carbonyl (C=O) groups excluding carboxylic acids is 2. The van der Waals surface area contributed by atoms with Gasteiger partial charge in [0, 0.05) is 33.9 Å². The lowest BCUT2D eigenvalue weighted by molar-refractivity contribution is -0.139. The molecule has 1 N–H and O–H groups in total. The normalized spacial score (nSPS) is 12.0. The summed E-state index contributed by atoms with van der Waals surface area (Å²) in [6, 6.07) is 12.2. The lowest BCUT2D eigenvalue weighted by atomic mass is 10.1. The van der Waals surface area contributed by atoms with Crippen LogP contribution in [0.3, 0.4) is 0 Å². The molecule has 174 valence electrons. The van der Waals surface area contributed by atoms with Crippen LogP contribution in [0.25, 0.3) is 0 Å². The maximum Gasteiger partial charge on any atom is 0.242 e. The summed E-state index contributed by atoms with van der Waals surface area (Å²) in [7, 11) is 0. The molecule has 2 aromatic carbocycles. The maximum absolute atomic E-state index is 13.2. The highest BCUT2D eigenvalue weighted by molar-refractivity contribution is 7.99. The van der Waals surface area contributed by atoms with Gasteiger partial charge in [0.1, 0.15) is 6.04 Å². The quantitative estimate of drug-likeness (QED) is 0.373. The number of rotatable bonds is 11. The lowest BCUT2D eigenvalue weighted by Crippen LogP contribution is -2.50. The van der Waals surface area contributed by atoms with E-state index in [0.29, 0.717) is 39.7 Å². The molecule has 1 atom stereocenters. The van der Waals surface area contributed by atoms with Crippen LogP contribution in [-0.2, 0) is 21.9 Å². The van der Waals surface area contributed by atoms with Gasteiger partial charge < -0.3 is 10.2 Å². The molecule has 0 aliphatic rings. The first-order valence-electron chi connectivity index (χ1n) is 10.5. The molecular weight excluding hydrogens is 487 g/mol. The molecule has 0 bridgehead atoms. The number of nitrogens with zero attached hydrogens (tertiary/aromatic N) is 1. The molecule has 2 aromatic rings. The van der Waals surface area contributed by atoms with Gasteiger partial charge in [-0.3, -0.25) is 9.59 Å². The highest BCUT2D eigenvalue weighted by atomic mass is 35.5. The van der Waals surface area contributed by atoms with Crippen LogP contribution >= 0.6 is 46.6 Å². The van der Waals surface area contributed by atoms with Crippen molar-refractivity contribution in [3.63, 3.8) is 0 Å². The highest BCUT2D eigenvalue weighted by Crippen LogP contribution is 2.24. The van der Waals surface area contributed by atoms with Gasteiger partial charge in [0.25, 0.3) is 0 Å². The van der Waals surface area contributed by atoms with Crippen molar-refractivity contribution in [2.45, 2.75) is 45.5 Å². The Labute approximate surface area is 210 Å². The monoisotopic (exact) mass is 514 g/mol. The van der Waals surface area contributed by atoms with Gasteiger partial charge in [-0.05, 0) is 47.7 Å². The van der Waals surface area contributed by atoms with Crippen LogP contribution < -0.4 is 5.32 Å². The van der Waals surface area contributed by atoms with Crippen LogP contribution in [0.1, 0.15) is 38.3 Å². The Hall–Kier alpha value is -1.40. The van der Waals surface area contributed by atoms with E-state index in [0.717, 1.165) is 11.1 Å². The number of halogens is 3. The molecule has 32 heavy (non-hydrogen) atoms. The van der Waals surface area contributed by atoms with E-state index < -0.39 is 6.04 Å². The fourth-order valence-corrected chi connectivity index (χ4v) is 4.56. The van der Waals surface area contributed by atoms with Gasteiger partial charge in [-0.2, -0.15) is 0 Å². The third kappa shape index (κ3) is 8.51. The van der Waals surface area contributed by atoms with E-state index in [4.69, 9.17) is 34.8 Å². The molecule has 0 spiro atoms. The van der Waals surface area contributed by atoms with Crippen LogP contribution in [0.15, 0.2) is 42.5 Å². The summed E-state index contributed by atoms with van der Waals surface area (Å²) in [5, 5.41) is 4.64. The van der Waals surface area contributed by atoms with Gasteiger partial charge in [-0.1, -0.05) is 73.8 Å². The van der Waals surface area contributed by atoms with Crippen molar-refractivity contribution < 1.29 is 9.59 Å². The summed E-state index contributed by atoms with van der Waals surface area (Å²) < 4.78 is 0. The first kappa shape index (κ1) is 26.8. The number of thioether (sulfide) groups is 1. The predicted molar refractivity (Wildman–Crippen MR) is 137 cm³/mol. The summed E-state index contributed by atoms with van der Waals surface area (Å²) in [6.45, 7) is 6.77. The van der Waals surface area contributed by atoms with Gasteiger partial charge in [0.2, 0.25) is 11.8 Å². The second kappa shape index (κ2) is 13.3. The fourth-order valence-electron chi connectivity index (χ4n) is 3.10. The third-order valence-corrected chi connectivity index (χ3v) is 6.66. The van der Waals surface area contributed by atoms with Crippen molar-refractivity contribution in [1.82, 2.24) is 10.2 Å². The van der Waals surface area contributed by atoms with E-state index in [1.165, 1.54) is 11.8 Å². The Balaban J connectivity index is 2.15. The fraction of sp³-hybridized carbons (Fsp3) is 0.417. The number of amides is 2. The van der Waals surface area contributed by atoms with Crippen LogP contribution in [0.4, 0.5) is 0 Å². The first-order chi connectivity index (χ1) is 15.2. The third-order valence-electron chi connectivity index (χ3n) is 4.83. The molecule has 2 rings (SSSR count). The first-order valence-corrected chi connectivity index (χ1v) is 12.8. The standard InChI is InChI=1S/C24H29Cl3N2O2S/c1-4-22(24(31)28-12-16(2)3)29(13-18-7-10-20(26)11-21(18)27)23(30)15-32-14-17-5-8-19(25)9-6-17/h5-11,16,22H,4,12-15H2,1-3H3,(H,28,31). The Bertz CT molecular complexity index is 907. The number of hydrogen-bond donors (Lipinski definition) is 1. The van der Waals surface area contributed by atoms with Gasteiger partial charge in [-0.15, -0.1) is 11.8 Å². The van der Waals surface area contributed by atoms with E-state index in [-0.39, 0.29) is 24.1 Å². The van der Waals surface area contributed by atoms with E-state index in [9.17, 15) is 9.59 Å². The molecule has 0 fully saturated rings. The van der Waals surface area contributed by atoms with Gasteiger partial charge in [0.05, 0.1) is 5.75 Å². The average molecular weight is 516 g/mol. The molecule has 0 aliphatic carbocycles. The average Bonchev–Trinajstić information content (AvgIpc) is 2.74. The van der Waals surface area contributed by atoms with Crippen LogP contribution in [0.5, 0.6) is 0 Å². The maximum atomic E-state index is 13.2. The molecule has 0 aromatic heterocycles. The van der Waals surface area contributed by atoms with Gasteiger partial charge in [0.15, 0.2) is 0 Å². The molecular formula is C24H29Cl3N2O2S. The summed E-state index contributed by atoms with van der Waals surface area (Å²) in [4.78, 5) is 27.8. The van der Waals surface area contributed by atoms with E-state index in [1.54, 1.807) is 23.1 Å². The Kier molecular flexibility index (Phi) is 11.2. The SMILES string of the molecule is CCC(C(=O)NCC(C)C)N(Cc1ccc(Cl)cc1Cl)C(=O)CSCc1ccc(Cl)cc1. The molecule has 0 saturated carbocycles. The zero-order valence-corrected chi connectivity index (χ0v) is 21.6. The Morgan fingerprint density at radius 1 is 1.03 bits per heavy atom. The predicted octanol–water partition coefficient (Wildman–Crippen LogP) is 6.46. The van der Waals surface area contributed by atoms with Gasteiger partial charge >= 0.3 is 0 Å². The van der Waals surface area contributed by atoms with Crippen molar-refractivity contribution in [2.24, 2.45) is 5.92 Å². The summed E-state index contributed by atoms with van der Waals surface area (Å²) >= 11 is 19.8. The zero-order valence-electron chi connectivity index (χ0n) is 18.5. The van der Waals surface area contributed by atoms with Crippen molar-refractivity contribution >= 4 is 58.4 Å². The van der Waals surface area contributed by atoms with Crippen LogP contribution in [0, 0.1) is 5.92 Å². The molecule has 8 heteroatoms. The van der Waals surface area contributed by atoms with Crippen molar-refractivity contribution in [1.29, 1.82) is 0 Å². The molecule has 4 nitrogen and oxygen atoms in total. The number of nitrogens with one attached hydrogen (secondary N) is 1. The zero-order chi connectivity index (χ0) is 23.7. The lowest BCUT2D eigenvalue weighted by Gasteiger charge is -2.31. The smallest absolute Gasteiger partial charge is 0.242 e. The van der Waals surface area contributed by atoms with E-state index in [1.807, 2.05) is 45.0 Å². The van der Waals surface area contributed by atoms with E-state index >= 15 is 0 Å². The molecule has 0 saturated heterocycles. The largest absolute Gasteiger partial charge is 0.354 e. The Morgan fingerprint density at radius 3 is 2.28 bits per heavy atom. The van der Waals surface area contributed by atoms with Crippen LogP contribution in [-0.4, -0.2) is 35.1 Å². The number of carbonyl (C=O) groups is 2. The minimum absolute atomic E-state index is 0.110. The molecule has 1 unspecified atom stereocenters. The number of hydrogen-bond acceptors (Lipinski definition) is 3. The van der Waals surface area contributed by atoms with E-state index in [2.05, 4.69) is 5.32 Å². The molecule has 0 heterocycles. The summed E-state index contributed by atoms with van der Waals surface area (Å²) in [5.41, 5.74) is 1.84. The van der Waals surface area contributed by atoms with Crippen LogP contribution in [0.2, 0.25) is 15.1 Å². The minimum Gasteiger partial charge on any atom is -0.354 e. The molecule has 0 radical (unpaired) electrons. The second-order valence-corrected chi connectivity index (χ2v) is 10.2. The van der Waals surface area contributed by atoms with Crippen molar-refractivity contribution in [3.8, 4) is 0 Å². The summed E-state index contributed by atoms with van der Waals surface area (Å²) in [5.74, 6) is 0.987. The highest BCUT2D eigenvalue weighted by Gasteiger charge is 2.29. The number of benzene rings is 2.